The monoisotopic (exact) mass is 339 g/mol. The number of fused-ring (bicyclic) bond motifs is 1. The summed E-state index contributed by atoms with van der Waals surface area (Å²) in [5.74, 6) is 1.86. The molecule has 3 aromatic rings. The van der Waals surface area contributed by atoms with E-state index >= 15 is 0 Å². The summed E-state index contributed by atoms with van der Waals surface area (Å²) in [5, 5.41) is 4.43. The van der Waals surface area contributed by atoms with Crippen LogP contribution < -0.4 is 4.90 Å². The van der Waals surface area contributed by atoms with Crippen LogP contribution >= 0.6 is 11.8 Å². The van der Waals surface area contributed by atoms with Crippen LogP contribution in [0.1, 0.15) is 29.7 Å². The standard InChI is InChI=1S/C18H21N5S/c1-13-16(11-14-5-7-15(24-2)8-6-14)17(22-9-3-4-10-22)23-18(21-13)19-12-20-23/h5-8,12H,3-4,9-11H2,1-2H3. The summed E-state index contributed by atoms with van der Waals surface area (Å²) in [6.45, 7) is 4.24. The van der Waals surface area contributed by atoms with E-state index < -0.39 is 0 Å². The van der Waals surface area contributed by atoms with Gasteiger partial charge in [0.05, 0.1) is 0 Å². The first-order valence-corrected chi connectivity index (χ1v) is 9.56. The molecule has 24 heavy (non-hydrogen) atoms. The van der Waals surface area contributed by atoms with Crippen LogP contribution in [0.5, 0.6) is 0 Å². The van der Waals surface area contributed by atoms with Crippen molar-refractivity contribution in [2.24, 2.45) is 0 Å². The van der Waals surface area contributed by atoms with Gasteiger partial charge < -0.3 is 4.90 Å². The average Bonchev–Trinajstić information content (AvgIpc) is 3.27. The summed E-state index contributed by atoms with van der Waals surface area (Å²) < 4.78 is 1.91. The summed E-state index contributed by atoms with van der Waals surface area (Å²) >= 11 is 1.77. The van der Waals surface area contributed by atoms with Crippen molar-refractivity contribution in [1.29, 1.82) is 0 Å². The van der Waals surface area contributed by atoms with E-state index in [2.05, 4.69) is 57.4 Å². The molecule has 1 aliphatic rings. The van der Waals surface area contributed by atoms with E-state index in [1.165, 1.54) is 34.7 Å². The first-order valence-electron chi connectivity index (χ1n) is 8.33. The first kappa shape index (κ1) is 15.4. The first-order chi connectivity index (χ1) is 11.8. The van der Waals surface area contributed by atoms with Crippen LogP contribution in [0.4, 0.5) is 5.82 Å². The Morgan fingerprint density at radius 2 is 1.88 bits per heavy atom. The molecule has 1 saturated heterocycles. The molecule has 6 heteroatoms. The van der Waals surface area contributed by atoms with Crippen molar-refractivity contribution in [2.75, 3.05) is 24.2 Å². The van der Waals surface area contributed by atoms with E-state index in [-0.39, 0.29) is 0 Å². The molecule has 1 fully saturated rings. The zero-order valence-corrected chi connectivity index (χ0v) is 14.9. The molecular weight excluding hydrogens is 318 g/mol. The molecule has 0 aliphatic carbocycles. The van der Waals surface area contributed by atoms with Crippen molar-refractivity contribution in [3.8, 4) is 0 Å². The zero-order chi connectivity index (χ0) is 16.5. The lowest BCUT2D eigenvalue weighted by atomic mass is 10.0. The Morgan fingerprint density at radius 3 is 2.58 bits per heavy atom. The van der Waals surface area contributed by atoms with E-state index in [1.807, 2.05) is 4.52 Å². The Bertz CT molecular complexity index is 850. The fraction of sp³-hybridized carbons (Fsp3) is 0.389. The molecule has 2 aromatic heterocycles. The number of rotatable bonds is 4. The van der Waals surface area contributed by atoms with Gasteiger partial charge in [0.25, 0.3) is 5.78 Å². The van der Waals surface area contributed by atoms with Crippen LogP contribution in [0.2, 0.25) is 0 Å². The molecule has 0 unspecified atom stereocenters. The van der Waals surface area contributed by atoms with Crippen LogP contribution in [0, 0.1) is 6.92 Å². The predicted molar refractivity (Wildman–Crippen MR) is 98.0 cm³/mol. The highest BCUT2D eigenvalue weighted by Gasteiger charge is 2.22. The van der Waals surface area contributed by atoms with Gasteiger partial charge in [0.1, 0.15) is 12.1 Å². The third-order valence-corrected chi connectivity index (χ3v) is 5.39. The third-order valence-electron chi connectivity index (χ3n) is 4.65. The minimum absolute atomic E-state index is 0.691. The van der Waals surface area contributed by atoms with Crippen LogP contribution in [0.3, 0.4) is 0 Å². The highest BCUT2D eigenvalue weighted by atomic mass is 32.2. The van der Waals surface area contributed by atoms with E-state index in [1.54, 1.807) is 18.1 Å². The number of aromatic nitrogens is 4. The molecule has 0 amide bonds. The van der Waals surface area contributed by atoms with Crippen LogP contribution in [-0.2, 0) is 6.42 Å². The molecule has 1 aromatic carbocycles. The molecule has 0 atom stereocenters. The molecule has 0 saturated carbocycles. The fourth-order valence-corrected chi connectivity index (χ4v) is 3.78. The molecule has 0 bridgehead atoms. The number of benzene rings is 1. The van der Waals surface area contributed by atoms with Gasteiger partial charge in [-0.25, -0.2) is 4.98 Å². The number of anilines is 1. The molecule has 4 rings (SSSR count). The number of aryl methyl sites for hydroxylation is 1. The number of hydrogen-bond acceptors (Lipinski definition) is 5. The molecule has 0 radical (unpaired) electrons. The second-order valence-corrected chi connectivity index (χ2v) is 7.07. The van der Waals surface area contributed by atoms with Crippen molar-refractivity contribution in [3.63, 3.8) is 0 Å². The Hall–Kier alpha value is -2.08. The zero-order valence-electron chi connectivity index (χ0n) is 14.1. The topological polar surface area (TPSA) is 46.3 Å². The van der Waals surface area contributed by atoms with Crippen LogP contribution in [-0.4, -0.2) is 38.9 Å². The van der Waals surface area contributed by atoms with Crippen LogP contribution in [0.25, 0.3) is 5.78 Å². The maximum Gasteiger partial charge on any atom is 0.254 e. The highest BCUT2D eigenvalue weighted by Crippen LogP contribution is 2.29. The van der Waals surface area contributed by atoms with Gasteiger partial charge >= 0.3 is 0 Å². The van der Waals surface area contributed by atoms with Gasteiger partial charge in [-0.05, 0) is 43.7 Å². The smallest absolute Gasteiger partial charge is 0.254 e. The maximum atomic E-state index is 4.66. The quantitative estimate of drug-likeness (QED) is 0.682. The molecular formula is C18H21N5S. The largest absolute Gasteiger partial charge is 0.356 e. The van der Waals surface area contributed by atoms with Gasteiger partial charge in [0, 0.05) is 35.7 Å². The van der Waals surface area contributed by atoms with Crippen LogP contribution in [0.15, 0.2) is 35.5 Å². The van der Waals surface area contributed by atoms with Gasteiger partial charge in [-0.1, -0.05) is 12.1 Å². The van der Waals surface area contributed by atoms with E-state index in [0.717, 1.165) is 25.2 Å². The lowest BCUT2D eigenvalue weighted by Gasteiger charge is -2.23. The van der Waals surface area contributed by atoms with Crippen molar-refractivity contribution in [2.45, 2.75) is 31.1 Å². The number of thioether (sulfide) groups is 1. The van der Waals surface area contributed by atoms with Crippen molar-refractivity contribution < 1.29 is 0 Å². The van der Waals surface area contributed by atoms with Crippen molar-refractivity contribution >= 4 is 23.4 Å². The maximum absolute atomic E-state index is 4.66. The summed E-state index contributed by atoms with van der Waals surface area (Å²) in [6.07, 6.45) is 7.04. The lowest BCUT2D eigenvalue weighted by Crippen LogP contribution is -2.24. The van der Waals surface area contributed by atoms with Gasteiger partial charge in [-0.2, -0.15) is 14.6 Å². The van der Waals surface area contributed by atoms with Gasteiger partial charge in [-0.15, -0.1) is 11.8 Å². The minimum atomic E-state index is 0.691. The normalized spacial score (nSPS) is 14.7. The van der Waals surface area contributed by atoms with Crippen molar-refractivity contribution in [3.05, 3.63) is 47.4 Å². The van der Waals surface area contributed by atoms with E-state index in [4.69, 9.17) is 0 Å². The second kappa shape index (κ2) is 6.43. The Kier molecular flexibility index (Phi) is 4.14. The Labute approximate surface area is 146 Å². The van der Waals surface area contributed by atoms with Gasteiger partial charge in [0.2, 0.25) is 0 Å². The van der Waals surface area contributed by atoms with Crippen molar-refractivity contribution in [1.82, 2.24) is 19.6 Å². The lowest BCUT2D eigenvalue weighted by molar-refractivity contribution is 0.825. The highest BCUT2D eigenvalue weighted by molar-refractivity contribution is 7.98. The molecule has 124 valence electrons. The Balaban J connectivity index is 1.80. The van der Waals surface area contributed by atoms with Gasteiger partial charge in [-0.3, -0.25) is 0 Å². The molecule has 0 spiro atoms. The minimum Gasteiger partial charge on any atom is -0.356 e. The number of hydrogen-bond donors (Lipinski definition) is 0. The van der Waals surface area contributed by atoms with Gasteiger partial charge in [0.15, 0.2) is 0 Å². The SMILES string of the molecule is CSc1ccc(Cc2c(C)nc3ncnn3c2N2CCCC2)cc1. The summed E-state index contributed by atoms with van der Waals surface area (Å²) in [5.41, 5.74) is 3.61. The second-order valence-electron chi connectivity index (χ2n) is 6.19. The summed E-state index contributed by atoms with van der Waals surface area (Å²) in [7, 11) is 0. The third kappa shape index (κ3) is 2.75. The molecule has 3 heterocycles. The molecule has 1 aliphatic heterocycles. The van der Waals surface area contributed by atoms with E-state index in [0.29, 0.717) is 5.78 Å². The molecule has 5 nitrogen and oxygen atoms in total. The number of nitrogens with zero attached hydrogens (tertiary/aromatic N) is 5. The fourth-order valence-electron chi connectivity index (χ4n) is 3.38. The predicted octanol–water partition coefficient (Wildman–Crippen LogP) is 3.35. The summed E-state index contributed by atoms with van der Waals surface area (Å²) in [6, 6.07) is 8.80. The molecule has 0 N–H and O–H groups in total. The Morgan fingerprint density at radius 1 is 1.12 bits per heavy atom. The summed E-state index contributed by atoms with van der Waals surface area (Å²) in [4.78, 5) is 12.7. The average molecular weight is 339 g/mol. The van der Waals surface area contributed by atoms with E-state index in [9.17, 15) is 0 Å².